The van der Waals surface area contributed by atoms with Gasteiger partial charge in [0.05, 0.1) is 13.3 Å². The van der Waals surface area contributed by atoms with E-state index in [1.807, 2.05) is 24.3 Å². The zero-order chi connectivity index (χ0) is 10.9. The van der Waals surface area contributed by atoms with Crippen molar-refractivity contribution in [1.82, 2.24) is 9.97 Å². The molecule has 0 aromatic carbocycles. The molecule has 0 fully saturated rings. The molecule has 0 radical (unpaired) electrons. The summed E-state index contributed by atoms with van der Waals surface area (Å²) in [6.45, 7) is 0. The number of ether oxygens (including phenoxy) is 1. The molecule has 0 aliphatic heterocycles. The van der Waals surface area contributed by atoms with Gasteiger partial charge in [-0.05, 0) is 34.1 Å². The Morgan fingerprint density at radius 2 is 1.80 bits per heavy atom. The second-order valence-electron chi connectivity index (χ2n) is 2.57. The highest BCUT2D eigenvalue weighted by atomic mass is 79.9. The fourth-order valence-corrected chi connectivity index (χ4v) is 1.16. The standard InChI is InChI=1S/C6H6BrNO.C5H5N/c1-9-6-2-5(7)3-8-4-6;1-2-4-6-5-3-1/h2-4H,1H3;1-5H. The van der Waals surface area contributed by atoms with Crippen molar-refractivity contribution >= 4 is 15.9 Å². The molecule has 0 aliphatic carbocycles. The highest BCUT2D eigenvalue weighted by Gasteiger charge is 1.89. The molecule has 0 spiro atoms. The second kappa shape index (κ2) is 6.95. The molecular weight excluding hydrogens is 256 g/mol. The highest BCUT2D eigenvalue weighted by Crippen LogP contribution is 2.14. The third-order valence-electron chi connectivity index (χ3n) is 1.48. The van der Waals surface area contributed by atoms with E-state index in [4.69, 9.17) is 4.74 Å². The lowest BCUT2D eigenvalue weighted by molar-refractivity contribution is 0.412. The molecule has 0 amide bonds. The van der Waals surface area contributed by atoms with E-state index in [9.17, 15) is 0 Å². The minimum Gasteiger partial charge on any atom is -0.495 e. The molecule has 2 rings (SSSR count). The molecule has 3 nitrogen and oxygen atoms in total. The lowest BCUT2D eigenvalue weighted by Crippen LogP contribution is -1.82. The molecule has 2 heterocycles. The first-order valence-corrected chi connectivity index (χ1v) is 5.12. The second-order valence-corrected chi connectivity index (χ2v) is 3.48. The molecule has 0 saturated heterocycles. The maximum atomic E-state index is 4.90. The summed E-state index contributed by atoms with van der Waals surface area (Å²) in [4.78, 5) is 7.67. The van der Waals surface area contributed by atoms with E-state index in [2.05, 4.69) is 25.9 Å². The Hall–Kier alpha value is -1.42. The van der Waals surface area contributed by atoms with Crippen molar-refractivity contribution in [3.8, 4) is 5.75 Å². The van der Waals surface area contributed by atoms with Gasteiger partial charge in [0, 0.05) is 23.1 Å². The molecule has 0 N–H and O–H groups in total. The number of hydrogen-bond donors (Lipinski definition) is 0. The lowest BCUT2D eigenvalue weighted by Gasteiger charge is -1.96. The Kier molecular flexibility index (Phi) is 5.40. The number of hydrogen-bond acceptors (Lipinski definition) is 3. The molecule has 0 atom stereocenters. The Labute approximate surface area is 97.3 Å². The van der Waals surface area contributed by atoms with Crippen LogP contribution in [0.2, 0.25) is 0 Å². The van der Waals surface area contributed by atoms with Crippen molar-refractivity contribution in [2.24, 2.45) is 0 Å². The summed E-state index contributed by atoms with van der Waals surface area (Å²) in [6, 6.07) is 7.57. The number of halogens is 1. The van der Waals surface area contributed by atoms with Crippen LogP contribution in [-0.2, 0) is 0 Å². The highest BCUT2D eigenvalue weighted by molar-refractivity contribution is 9.10. The van der Waals surface area contributed by atoms with Gasteiger partial charge in [-0.15, -0.1) is 0 Å². The van der Waals surface area contributed by atoms with Gasteiger partial charge in [-0.1, -0.05) is 6.07 Å². The first-order chi connectivity index (χ1) is 7.33. The Morgan fingerprint density at radius 3 is 2.13 bits per heavy atom. The first-order valence-electron chi connectivity index (χ1n) is 4.32. The Bertz CT molecular complexity index is 355. The number of nitrogens with zero attached hydrogens (tertiary/aromatic N) is 2. The topological polar surface area (TPSA) is 35.0 Å². The van der Waals surface area contributed by atoms with Gasteiger partial charge in [0.25, 0.3) is 0 Å². The van der Waals surface area contributed by atoms with Crippen LogP contribution in [0.15, 0.2) is 53.5 Å². The number of methoxy groups -OCH3 is 1. The minimum absolute atomic E-state index is 0.768. The average Bonchev–Trinajstić information content (AvgIpc) is 2.32. The van der Waals surface area contributed by atoms with Gasteiger partial charge >= 0.3 is 0 Å². The molecular formula is C11H11BrN2O. The molecule has 0 aliphatic rings. The van der Waals surface area contributed by atoms with Gasteiger partial charge in [0.1, 0.15) is 5.75 Å². The van der Waals surface area contributed by atoms with Crippen LogP contribution >= 0.6 is 15.9 Å². The van der Waals surface area contributed by atoms with E-state index >= 15 is 0 Å². The van der Waals surface area contributed by atoms with Crippen molar-refractivity contribution in [3.63, 3.8) is 0 Å². The fraction of sp³-hybridized carbons (Fsp3) is 0.0909. The summed E-state index contributed by atoms with van der Waals surface area (Å²) in [5, 5.41) is 0. The SMILES string of the molecule is COc1cncc(Br)c1.c1ccncc1. The maximum Gasteiger partial charge on any atom is 0.138 e. The summed E-state index contributed by atoms with van der Waals surface area (Å²) < 4.78 is 5.83. The van der Waals surface area contributed by atoms with Crippen molar-refractivity contribution in [2.45, 2.75) is 0 Å². The molecule has 4 heteroatoms. The van der Waals surface area contributed by atoms with E-state index in [0.717, 1.165) is 10.2 Å². The van der Waals surface area contributed by atoms with Gasteiger partial charge in [-0.25, -0.2) is 0 Å². The Balaban J connectivity index is 0.000000162. The van der Waals surface area contributed by atoms with Crippen molar-refractivity contribution < 1.29 is 4.74 Å². The van der Waals surface area contributed by atoms with E-state index in [-0.39, 0.29) is 0 Å². The van der Waals surface area contributed by atoms with Crippen molar-refractivity contribution in [2.75, 3.05) is 7.11 Å². The number of aromatic nitrogens is 2. The zero-order valence-corrected chi connectivity index (χ0v) is 9.89. The van der Waals surface area contributed by atoms with E-state index < -0.39 is 0 Å². The van der Waals surface area contributed by atoms with Crippen LogP contribution in [0, 0.1) is 0 Å². The Morgan fingerprint density at radius 1 is 1.07 bits per heavy atom. The summed E-state index contributed by atoms with van der Waals surface area (Å²) >= 11 is 3.26. The minimum atomic E-state index is 0.768. The third-order valence-corrected chi connectivity index (χ3v) is 1.92. The van der Waals surface area contributed by atoms with Gasteiger partial charge in [0.2, 0.25) is 0 Å². The van der Waals surface area contributed by atoms with Crippen LogP contribution in [0.4, 0.5) is 0 Å². The fourth-order valence-electron chi connectivity index (χ4n) is 0.817. The maximum absolute atomic E-state index is 4.90. The largest absolute Gasteiger partial charge is 0.495 e. The van der Waals surface area contributed by atoms with Crippen LogP contribution in [0.5, 0.6) is 5.75 Å². The molecule has 0 unspecified atom stereocenters. The predicted octanol–water partition coefficient (Wildman–Crippen LogP) is 2.93. The predicted molar refractivity (Wildman–Crippen MR) is 62.7 cm³/mol. The van der Waals surface area contributed by atoms with Gasteiger partial charge < -0.3 is 4.74 Å². The first kappa shape index (κ1) is 11.7. The van der Waals surface area contributed by atoms with E-state index in [1.165, 1.54) is 0 Å². The smallest absolute Gasteiger partial charge is 0.138 e. The van der Waals surface area contributed by atoms with E-state index in [1.54, 1.807) is 31.9 Å². The number of pyridine rings is 2. The molecule has 0 bridgehead atoms. The van der Waals surface area contributed by atoms with Crippen LogP contribution < -0.4 is 4.74 Å². The van der Waals surface area contributed by atoms with Crippen LogP contribution in [0.1, 0.15) is 0 Å². The average molecular weight is 267 g/mol. The van der Waals surface area contributed by atoms with Gasteiger partial charge in [0.15, 0.2) is 0 Å². The van der Waals surface area contributed by atoms with Crippen molar-refractivity contribution in [1.29, 1.82) is 0 Å². The molecule has 0 saturated carbocycles. The third kappa shape index (κ3) is 5.12. The summed E-state index contributed by atoms with van der Waals surface area (Å²) in [5.41, 5.74) is 0. The zero-order valence-electron chi connectivity index (χ0n) is 8.30. The lowest BCUT2D eigenvalue weighted by atomic mass is 10.5. The van der Waals surface area contributed by atoms with Crippen LogP contribution in [0.3, 0.4) is 0 Å². The summed E-state index contributed by atoms with van der Waals surface area (Å²) in [5.74, 6) is 0.768. The van der Waals surface area contributed by atoms with Gasteiger partial charge in [-0.3, -0.25) is 9.97 Å². The number of rotatable bonds is 1. The molecule has 2 aromatic rings. The monoisotopic (exact) mass is 266 g/mol. The summed E-state index contributed by atoms with van der Waals surface area (Å²) in [7, 11) is 1.61. The van der Waals surface area contributed by atoms with Crippen LogP contribution in [0.25, 0.3) is 0 Å². The quantitative estimate of drug-likeness (QED) is 0.796. The normalized spacial score (nSPS) is 8.67. The molecule has 2 aromatic heterocycles. The van der Waals surface area contributed by atoms with Crippen molar-refractivity contribution in [3.05, 3.63) is 53.5 Å². The van der Waals surface area contributed by atoms with Crippen LogP contribution in [-0.4, -0.2) is 17.1 Å². The molecule has 15 heavy (non-hydrogen) atoms. The van der Waals surface area contributed by atoms with E-state index in [0.29, 0.717) is 0 Å². The van der Waals surface area contributed by atoms with Gasteiger partial charge in [-0.2, -0.15) is 0 Å². The summed E-state index contributed by atoms with van der Waals surface area (Å²) in [6.07, 6.45) is 6.87. The molecule has 78 valence electrons.